The van der Waals surface area contributed by atoms with E-state index in [0.29, 0.717) is 19.3 Å². The van der Waals surface area contributed by atoms with Crippen molar-refractivity contribution in [2.24, 2.45) is 0 Å². The van der Waals surface area contributed by atoms with Crippen LogP contribution in [-0.4, -0.2) is 104 Å². The summed E-state index contributed by atoms with van der Waals surface area (Å²) in [4.78, 5) is 0. The first kappa shape index (κ1) is 27.1. The minimum Gasteiger partial charge on any atom is -0.400 e. The van der Waals surface area contributed by atoms with Gasteiger partial charge in [-0.3, -0.25) is 0 Å². The molecule has 4 atom stereocenters. The first-order valence-electron chi connectivity index (χ1n) is 10.2. The molecule has 0 N–H and O–H groups in total. The molecule has 0 saturated carbocycles. The zero-order chi connectivity index (χ0) is 21.7. The van der Waals surface area contributed by atoms with Crippen LogP contribution in [0.2, 0.25) is 6.04 Å². The first-order valence-corrected chi connectivity index (χ1v) is 13.8. The van der Waals surface area contributed by atoms with Crippen LogP contribution in [0.15, 0.2) is 0 Å². The summed E-state index contributed by atoms with van der Waals surface area (Å²) in [6, 6.07) is 0.913. The Morgan fingerprint density at radius 3 is 1.66 bits per heavy atom. The minimum atomic E-state index is -2.66. The highest BCUT2D eigenvalue weighted by Gasteiger charge is 2.48. The number of hydrogen-bond donors (Lipinski definition) is 0. The van der Waals surface area contributed by atoms with Gasteiger partial charge in [-0.1, -0.05) is 13.8 Å². The Hall–Kier alpha value is 0.0738. The van der Waals surface area contributed by atoms with Crippen molar-refractivity contribution in [3.8, 4) is 0 Å². The van der Waals surface area contributed by atoms with Crippen molar-refractivity contribution in [2.45, 2.75) is 56.8 Å². The molecule has 0 spiro atoms. The Labute approximate surface area is 178 Å². The van der Waals surface area contributed by atoms with E-state index in [1.165, 1.54) is 0 Å². The molecule has 4 unspecified atom stereocenters. The molecule has 0 aromatic rings. The Balaban J connectivity index is 0.000000291. The fourth-order valence-electron chi connectivity index (χ4n) is 2.77. The van der Waals surface area contributed by atoms with Crippen molar-refractivity contribution >= 4 is 18.1 Å². The maximum absolute atomic E-state index is 5.72. The van der Waals surface area contributed by atoms with Gasteiger partial charge in [-0.15, -0.1) is 0 Å². The molecule has 0 aromatic carbocycles. The van der Waals surface area contributed by atoms with Crippen LogP contribution < -0.4 is 0 Å². The van der Waals surface area contributed by atoms with Gasteiger partial charge in [0.15, 0.2) is 0 Å². The molecule has 0 amide bonds. The SMILES string of the molecule is CCC(C[SiH](OC)OC)OCC1CO1.CCC(OCC1CO1)[Si](OC)(OC)OC. The molecular weight excluding hydrogens is 416 g/mol. The van der Waals surface area contributed by atoms with Gasteiger partial charge in [0.1, 0.15) is 17.9 Å². The van der Waals surface area contributed by atoms with Crippen molar-refractivity contribution in [2.75, 3.05) is 62.0 Å². The molecule has 174 valence electrons. The number of hydrogen-bond acceptors (Lipinski definition) is 9. The summed E-state index contributed by atoms with van der Waals surface area (Å²) in [5.41, 5.74) is -0.123. The maximum Gasteiger partial charge on any atom is 0.530 e. The van der Waals surface area contributed by atoms with E-state index < -0.39 is 18.1 Å². The van der Waals surface area contributed by atoms with Crippen molar-refractivity contribution in [3.05, 3.63) is 0 Å². The maximum atomic E-state index is 5.72. The van der Waals surface area contributed by atoms with Crippen LogP contribution in [0.1, 0.15) is 26.7 Å². The topological polar surface area (TPSA) is 89.7 Å². The molecule has 2 aliphatic heterocycles. The Morgan fingerprint density at radius 1 is 0.828 bits per heavy atom. The lowest BCUT2D eigenvalue weighted by molar-refractivity contribution is 0.00651. The fourth-order valence-corrected chi connectivity index (χ4v) is 6.33. The molecule has 2 heterocycles. The summed E-state index contributed by atoms with van der Waals surface area (Å²) in [6.45, 7) is 7.09. The van der Waals surface area contributed by atoms with Gasteiger partial charge >= 0.3 is 18.1 Å². The van der Waals surface area contributed by atoms with Crippen molar-refractivity contribution < 1.29 is 41.1 Å². The second-order valence-corrected chi connectivity index (χ2v) is 12.2. The van der Waals surface area contributed by atoms with Gasteiger partial charge in [-0.05, 0) is 12.8 Å². The third-order valence-corrected chi connectivity index (χ3v) is 9.89. The predicted octanol–water partition coefficient (Wildman–Crippen LogP) is 1.29. The quantitative estimate of drug-likeness (QED) is 0.252. The van der Waals surface area contributed by atoms with Crippen LogP contribution in [-0.2, 0) is 41.1 Å². The van der Waals surface area contributed by atoms with Gasteiger partial charge in [0.25, 0.3) is 0 Å². The van der Waals surface area contributed by atoms with E-state index in [-0.39, 0.29) is 17.9 Å². The highest BCUT2D eigenvalue weighted by atomic mass is 28.4. The fraction of sp³-hybridized carbons (Fsp3) is 1.00. The van der Waals surface area contributed by atoms with Crippen LogP contribution in [0.25, 0.3) is 0 Å². The van der Waals surface area contributed by atoms with Gasteiger partial charge in [-0.2, -0.15) is 0 Å². The lowest BCUT2D eigenvalue weighted by atomic mass is 10.3. The van der Waals surface area contributed by atoms with Crippen molar-refractivity contribution in [1.82, 2.24) is 0 Å². The zero-order valence-corrected chi connectivity index (χ0v) is 21.2. The van der Waals surface area contributed by atoms with Crippen molar-refractivity contribution in [1.29, 1.82) is 0 Å². The number of epoxide rings is 2. The molecule has 2 saturated heterocycles. The van der Waals surface area contributed by atoms with E-state index in [9.17, 15) is 0 Å². The van der Waals surface area contributed by atoms with E-state index in [1.807, 2.05) is 6.92 Å². The van der Waals surface area contributed by atoms with E-state index >= 15 is 0 Å². The highest BCUT2D eigenvalue weighted by Crippen LogP contribution is 2.20. The molecule has 0 radical (unpaired) electrons. The summed E-state index contributed by atoms with van der Waals surface area (Å²) in [5, 5.41) is 0. The van der Waals surface area contributed by atoms with Crippen molar-refractivity contribution in [3.63, 3.8) is 0 Å². The van der Waals surface area contributed by atoms with Crippen LogP contribution >= 0.6 is 0 Å². The smallest absolute Gasteiger partial charge is 0.400 e. The van der Waals surface area contributed by atoms with Crippen LogP contribution in [0.4, 0.5) is 0 Å². The van der Waals surface area contributed by atoms with Gasteiger partial charge in [0.05, 0.1) is 32.5 Å². The molecule has 2 fully saturated rings. The van der Waals surface area contributed by atoms with E-state index in [1.54, 1.807) is 35.5 Å². The molecule has 11 heteroatoms. The van der Waals surface area contributed by atoms with Gasteiger partial charge in [0.2, 0.25) is 0 Å². The Morgan fingerprint density at radius 2 is 1.31 bits per heavy atom. The van der Waals surface area contributed by atoms with E-state index in [0.717, 1.165) is 32.1 Å². The predicted molar refractivity (Wildman–Crippen MR) is 112 cm³/mol. The minimum absolute atomic E-state index is 0.123. The second kappa shape index (κ2) is 15.0. The van der Waals surface area contributed by atoms with E-state index in [4.69, 9.17) is 41.1 Å². The Kier molecular flexibility index (Phi) is 14.0. The van der Waals surface area contributed by atoms with Crippen LogP contribution in [0.3, 0.4) is 0 Å². The monoisotopic (exact) mass is 456 g/mol. The Bertz CT molecular complexity index is 395. The molecule has 0 aromatic heterocycles. The number of rotatable bonds is 16. The lowest BCUT2D eigenvalue weighted by Crippen LogP contribution is -2.55. The summed E-state index contributed by atoms with van der Waals surface area (Å²) in [5.74, 6) is 0. The zero-order valence-electron chi connectivity index (χ0n) is 19.0. The lowest BCUT2D eigenvalue weighted by Gasteiger charge is -2.31. The summed E-state index contributed by atoms with van der Waals surface area (Å²) in [6.07, 6.45) is 2.65. The molecular formula is C18H40O9Si2. The van der Waals surface area contributed by atoms with Gasteiger partial charge < -0.3 is 41.1 Å². The molecule has 2 rings (SSSR count). The molecule has 0 bridgehead atoms. The van der Waals surface area contributed by atoms with Crippen LogP contribution in [0.5, 0.6) is 0 Å². The standard InChI is InChI=1S/C9H20O5Si.C9H20O4Si/c1-5-9(14-7-8-6-13-8)15(10-2,11-3)12-4;1-4-8(7-14(10-2)11-3)12-5-9-6-13-9/h8-9H,5-7H2,1-4H3;8-9,14H,4-7H2,1-3H3. The largest absolute Gasteiger partial charge is 0.530 e. The third kappa shape index (κ3) is 10.3. The average Bonchev–Trinajstić information content (AvgIpc) is 3.67. The summed E-state index contributed by atoms with van der Waals surface area (Å²) in [7, 11) is 4.06. The number of ether oxygens (including phenoxy) is 4. The molecule has 29 heavy (non-hydrogen) atoms. The highest BCUT2D eigenvalue weighted by molar-refractivity contribution is 6.62. The third-order valence-electron chi connectivity index (χ3n) is 4.86. The second-order valence-electron chi connectivity index (χ2n) is 6.86. The summed E-state index contributed by atoms with van der Waals surface area (Å²) >= 11 is 0. The van der Waals surface area contributed by atoms with Gasteiger partial charge in [-0.25, -0.2) is 0 Å². The molecule has 2 aliphatic rings. The normalized spacial score (nSPS) is 22.8. The summed E-state index contributed by atoms with van der Waals surface area (Å²) < 4.78 is 48.2. The first-order chi connectivity index (χ1) is 14.0. The molecule has 0 aliphatic carbocycles. The van der Waals surface area contributed by atoms with Crippen LogP contribution in [0, 0.1) is 0 Å². The van der Waals surface area contributed by atoms with Gasteiger partial charge in [0, 0.05) is 41.6 Å². The van der Waals surface area contributed by atoms with E-state index in [2.05, 4.69) is 6.92 Å². The molecule has 9 nitrogen and oxygen atoms in total. The average molecular weight is 457 g/mol.